The van der Waals surface area contributed by atoms with Crippen LogP contribution in [0, 0.1) is 17.5 Å². The third-order valence-corrected chi connectivity index (χ3v) is 5.23. The molecule has 0 spiro atoms. The number of fused-ring (bicyclic) bond motifs is 1. The van der Waals surface area contributed by atoms with Crippen LogP contribution in [0.3, 0.4) is 0 Å². The highest BCUT2D eigenvalue weighted by atomic mass is 19.2. The van der Waals surface area contributed by atoms with Crippen LogP contribution in [-0.4, -0.2) is 37.1 Å². The summed E-state index contributed by atoms with van der Waals surface area (Å²) in [6.07, 6.45) is 1.22. The van der Waals surface area contributed by atoms with Crippen molar-refractivity contribution in [2.75, 3.05) is 26.2 Å². The van der Waals surface area contributed by atoms with Gasteiger partial charge in [-0.25, -0.2) is 8.78 Å². The molecule has 1 heterocycles. The number of nitrogens with zero attached hydrogens (tertiary/aromatic N) is 1. The van der Waals surface area contributed by atoms with E-state index in [0.717, 1.165) is 62.3 Å². The van der Waals surface area contributed by atoms with E-state index in [1.807, 2.05) is 24.3 Å². The molecule has 1 aliphatic heterocycles. The van der Waals surface area contributed by atoms with E-state index in [2.05, 4.69) is 10.2 Å². The maximum Gasteiger partial charge on any atom is 0.203 e. The molecule has 0 unspecified atom stereocenters. The summed E-state index contributed by atoms with van der Waals surface area (Å²) in [5.74, 6) is -3.90. The quantitative estimate of drug-likeness (QED) is 0.847. The first kappa shape index (κ1) is 17.4. The SMILES string of the molecule is Fc1ccc(F)c(O[C@@H]2c3ccccc3C[C@H]2N2CCCNCC2)c1F. The third-order valence-electron chi connectivity index (χ3n) is 5.23. The number of nitrogens with one attached hydrogen (secondary N) is 1. The van der Waals surface area contributed by atoms with Crippen LogP contribution in [0.2, 0.25) is 0 Å². The summed E-state index contributed by atoms with van der Waals surface area (Å²) < 4.78 is 47.7. The van der Waals surface area contributed by atoms with Crippen molar-refractivity contribution < 1.29 is 17.9 Å². The van der Waals surface area contributed by atoms with Crippen LogP contribution in [0.5, 0.6) is 5.75 Å². The Hall–Kier alpha value is -2.05. The lowest BCUT2D eigenvalue weighted by atomic mass is 10.1. The topological polar surface area (TPSA) is 24.5 Å². The molecule has 2 aromatic rings. The van der Waals surface area contributed by atoms with Crippen molar-refractivity contribution in [3.8, 4) is 5.75 Å². The Balaban J connectivity index is 1.69. The number of hydrogen-bond acceptors (Lipinski definition) is 3. The molecule has 1 aliphatic carbocycles. The Morgan fingerprint density at radius 1 is 0.962 bits per heavy atom. The van der Waals surface area contributed by atoms with E-state index in [1.54, 1.807) is 0 Å². The fourth-order valence-corrected chi connectivity index (χ4v) is 3.94. The van der Waals surface area contributed by atoms with Crippen LogP contribution in [0.1, 0.15) is 23.7 Å². The highest BCUT2D eigenvalue weighted by Crippen LogP contribution is 2.39. The number of hydrogen-bond donors (Lipinski definition) is 1. The maximum atomic E-state index is 14.2. The van der Waals surface area contributed by atoms with Gasteiger partial charge in [0.05, 0.1) is 6.04 Å². The molecule has 6 heteroatoms. The second kappa shape index (κ2) is 7.29. The molecule has 2 aliphatic rings. The van der Waals surface area contributed by atoms with Gasteiger partial charge in [-0.15, -0.1) is 0 Å². The summed E-state index contributed by atoms with van der Waals surface area (Å²) in [7, 11) is 0. The molecule has 2 aromatic carbocycles. The van der Waals surface area contributed by atoms with Crippen molar-refractivity contribution in [1.82, 2.24) is 10.2 Å². The fraction of sp³-hybridized carbons (Fsp3) is 0.400. The number of halogens is 3. The van der Waals surface area contributed by atoms with Gasteiger partial charge in [-0.2, -0.15) is 4.39 Å². The molecule has 1 fully saturated rings. The molecule has 3 nitrogen and oxygen atoms in total. The fourth-order valence-electron chi connectivity index (χ4n) is 3.94. The molecule has 1 saturated heterocycles. The molecular weight excluding hydrogens is 341 g/mol. The van der Waals surface area contributed by atoms with Crippen LogP contribution in [-0.2, 0) is 6.42 Å². The minimum Gasteiger partial charge on any atom is -0.478 e. The van der Waals surface area contributed by atoms with Gasteiger partial charge in [0.15, 0.2) is 17.4 Å². The molecule has 0 saturated carbocycles. The van der Waals surface area contributed by atoms with Crippen molar-refractivity contribution in [2.45, 2.75) is 25.0 Å². The molecule has 26 heavy (non-hydrogen) atoms. The zero-order chi connectivity index (χ0) is 18.1. The van der Waals surface area contributed by atoms with Gasteiger partial charge in [0.2, 0.25) is 5.82 Å². The van der Waals surface area contributed by atoms with Gasteiger partial charge < -0.3 is 10.1 Å². The van der Waals surface area contributed by atoms with Gasteiger partial charge in [0.25, 0.3) is 0 Å². The van der Waals surface area contributed by atoms with Crippen LogP contribution < -0.4 is 10.1 Å². The standard InChI is InChI=1S/C20H21F3N2O/c21-15-6-7-16(22)20(18(15)23)26-19-14-5-2-1-4-13(14)12-17(19)25-10-3-8-24-9-11-25/h1-2,4-7,17,19,24H,3,8-12H2/t17-,19-/m1/s1. The summed E-state index contributed by atoms with van der Waals surface area (Å²) in [6.45, 7) is 3.54. The number of rotatable bonds is 3. The van der Waals surface area contributed by atoms with Gasteiger partial charge in [-0.3, -0.25) is 4.90 Å². The largest absolute Gasteiger partial charge is 0.478 e. The van der Waals surface area contributed by atoms with E-state index in [4.69, 9.17) is 4.74 Å². The van der Waals surface area contributed by atoms with Crippen LogP contribution in [0.4, 0.5) is 13.2 Å². The Morgan fingerprint density at radius 3 is 2.65 bits per heavy atom. The molecule has 0 bridgehead atoms. The minimum atomic E-state index is -1.27. The smallest absolute Gasteiger partial charge is 0.203 e. The van der Waals surface area contributed by atoms with Gasteiger partial charge in [-0.1, -0.05) is 24.3 Å². The summed E-state index contributed by atoms with van der Waals surface area (Å²) in [5.41, 5.74) is 2.02. The van der Waals surface area contributed by atoms with E-state index in [9.17, 15) is 13.2 Å². The van der Waals surface area contributed by atoms with Crippen molar-refractivity contribution >= 4 is 0 Å². The minimum absolute atomic E-state index is 0.0330. The molecule has 2 atom stereocenters. The molecule has 0 radical (unpaired) electrons. The lowest BCUT2D eigenvalue weighted by Gasteiger charge is -2.32. The third kappa shape index (κ3) is 3.19. The Bertz CT molecular complexity index is 791. The maximum absolute atomic E-state index is 14.2. The summed E-state index contributed by atoms with van der Waals surface area (Å²) in [4.78, 5) is 2.31. The Kier molecular flexibility index (Phi) is 4.87. The molecule has 1 N–H and O–H groups in total. The van der Waals surface area contributed by atoms with E-state index < -0.39 is 29.3 Å². The summed E-state index contributed by atoms with van der Waals surface area (Å²) >= 11 is 0. The van der Waals surface area contributed by atoms with Crippen LogP contribution in [0.15, 0.2) is 36.4 Å². The van der Waals surface area contributed by atoms with E-state index >= 15 is 0 Å². The average molecular weight is 362 g/mol. The zero-order valence-electron chi connectivity index (χ0n) is 14.4. The molecular formula is C20H21F3N2O. The lowest BCUT2D eigenvalue weighted by Crippen LogP contribution is -2.42. The normalized spacial score (nSPS) is 23.5. The molecule has 4 rings (SSSR count). The van der Waals surface area contributed by atoms with E-state index in [1.165, 1.54) is 0 Å². The first-order valence-electron chi connectivity index (χ1n) is 8.98. The van der Waals surface area contributed by atoms with Crippen molar-refractivity contribution in [1.29, 1.82) is 0 Å². The second-order valence-corrected chi connectivity index (χ2v) is 6.82. The highest BCUT2D eigenvalue weighted by Gasteiger charge is 2.39. The molecule has 138 valence electrons. The van der Waals surface area contributed by atoms with Gasteiger partial charge in [-0.05, 0) is 49.2 Å². The number of benzene rings is 2. The lowest BCUT2D eigenvalue weighted by molar-refractivity contribution is 0.0751. The first-order chi connectivity index (χ1) is 12.6. The van der Waals surface area contributed by atoms with E-state index in [-0.39, 0.29) is 6.04 Å². The monoisotopic (exact) mass is 362 g/mol. The molecule has 0 aromatic heterocycles. The average Bonchev–Trinajstić information content (AvgIpc) is 2.82. The predicted octanol–water partition coefficient (Wildman–Crippen LogP) is 3.44. The second-order valence-electron chi connectivity index (χ2n) is 6.82. The Morgan fingerprint density at radius 2 is 1.77 bits per heavy atom. The predicted molar refractivity (Wildman–Crippen MR) is 92.7 cm³/mol. The van der Waals surface area contributed by atoms with Crippen LogP contribution >= 0.6 is 0 Å². The highest BCUT2D eigenvalue weighted by molar-refractivity contribution is 5.38. The Labute approximate surface area is 150 Å². The van der Waals surface area contributed by atoms with Crippen molar-refractivity contribution in [3.63, 3.8) is 0 Å². The van der Waals surface area contributed by atoms with Crippen molar-refractivity contribution in [3.05, 3.63) is 65.0 Å². The summed E-state index contributed by atoms with van der Waals surface area (Å²) in [5, 5.41) is 3.36. The first-order valence-corrected chi connectivity index (χ1v) is 8.98. The van der Waals surface area contributed by atoms with Gasteiger partial charge in [0.1, 0.15) is 6.10 Å². The van der Waals surface area contributed by atoms with Gasteiger partial charge >= 0.3 is 0 Å². The van der Waals surface area contributed by atoms with Crippen LogP contribution in [0.25, 0.3) is 0 Å². The van der Waals surface area contributed by atoms with Crippen molar-refractivity contribution in [2.24, 2.45) is 0 Å². The molecule has 0 amide bonds. The summed E-state index contributed by atoms with van der Waals surface area (Å²) in [6, 6.07) is 9.42. The van der Waals surface area contributed by atoms with Gasteiger partial charge in [0, 0.05) is 13.1 Å². The number of ether oxygens (including phenoxy) is 1. The zero-order valence-corrected chi connectivity index (χ0v) is 14.4. The van der Waals surface area contributed by atoms with E-state index in [0.29, 0.717) is 0 Å².